The summed E-state index contributed by atoms with van der Waals surface area (Å²) in [4.78, 5) is 0. The van der Waals surface area contributed by atoms with Crippen LogP contribution in [0.1, 0.15) is 52.5 Å². The van der Waals surface area contributed by atoms with Crippen LogP contribution < -0.4 is 14.8 Å². The van der Waals surface area contributed by atoms with Gasteiger partial charge >= 0.3 is 0 Å². The molecule has 2 atom stereocenters. The van der Waals surface area contributed by atoms with E-state index in [1.807, 2.05) is 26.0 Å². The fraction of sp³-hybridized carbons (Fsp3) is 0.684. The Labute approximate surface area is 141 Å². The van der Waals surface area contributed by atoms with E-state index in [0.29, 0.717) is 12.1 Å². The topological polar surface area (TPSA) is 50.7 Å². The Kier molecular flexibility index (Phi) is 7.86. The van der Waals surface area contributed by atoms with E-state index in [1.54, 1.807) is 14.2 Å². The highest BCUT2D eigenvalue weighted by atomic mass is 16.5. The van der Waals surface area contributed by atoms with Crippen LogP contribution in [0.25, 0.3) is 0 Å². The van der Waals surface area contributed by atoms with E-state index in [4.69, 9.17) is 9.47 Å². The molecule has 0 spiro atoms. The van der Waals surface area contributed by atoms with Crippen LogP contribution in [0.5, 0.6) is 11.5 Å². The molecule has 1 aromatic carbocycles. The van der Waals surface area contributed by atoms with Crippen LogP contribution in [0.2, 0.25) is 0 Å². The van der Waals surface area contributed by atoms with Crippen LogP contribution >= 0.6 is 0 Å². The second-order valence-corrected chi connectivity index (χ2v) is 7.07. The zero-order valence-electron chi connectivity index (χ0n) is 15.5. The van der Waals surface area contributed by atoms with Gasteiger partial charge in [0.25, 0.3) is 0 Å². The van der Waals surface area contributed by atoms with Crippen molar-refractivity contribution in [3.05, 3.63) is 23.8 Å². The van der Waals surface area contributed by atoms with Crippen LogP contribution in [0.4, 0.5) is 0 Å². The first kappa shape index (κ1) is 19.8. The quantitative estimate of drug-likeness (QED) is 0.691. The van der Waals surface area contributed by atoms with Crippen molar-refractivity contribution in [2.24, 2.45) is 0 Å². The van der Waals surface area contributed by atoms with E-state index in [9.17, 15) is 5.11 Å². The lowest BCUT2D eigenvalue weighted by Gasteiger charge is -2.22. The van der Waals surface area contributed by atoms with Crippen molar-refractivity contribution in [1.29, 1.82) is 0 Å². The third kappa shape index (κ3) is 7.71. The lowest BCUT2D eigenvalue weighted by Crippen LogP contribution is -2.36. The molecule has 0 amide bonds. The van der Waals surface area contributed by atoms with Crippen LogP contribution in [0.3, 0.4) is 0 Å². The molecule has 4 heteroatoms. The Morgan fingerprint density at radius 2 is 1.74 bits per heavy atom. The molecular weight excluding hydrogens is 290 g/mol. The summed E-state index contributed by atoms with van der Waals surface area (Å²) in [7, 11) is 3.31. The number of benzene rings is 1. The van der Waals surface area contributed by atoms with Gasteiger partial charge in [-0.1, -0.05) is 6.07 Å². The van der Waals surface area contributed by atoms with Crippen molar-refractivity contribution in [2.75, 3.05) is 14.2 Å². The van der Waals surface area contributed by atoms with Crippen LogP contribution in [-0.2, 0) is 6.42 Å². The number of hydrogen-bond acceptors (Lipinski definition) is 4. The lowest BCUT2D eigenvalue weighted by molar-refractivity contribution is 0.0674. The summed E-state index contributed by atoms with van der Waals surface area (Å²) in [6.07, 6.45) is 3.88. The predicted octanol–water partition coefficient (Wildman–Crippen LogP) is 3.55. The molecule has 0 saturated carbocycles. The van der Waals surface area contributed by atoms with Crippen molar-refractivity contribution in [1.82, 2.24) is 5.32 Å². The second-order valence-electron chi connectivity index (χ2n) is 7.07. The van der Waals surface area contributed by atoms with Gasteiger partial charge in [0, 0.05) is 12.1 Å². The van der Waals surface area contributed by atoms with Gasteiger partial charge in [-0.3, -0.25) is 0 Å². The number of ether oxygens (including phenoxy) is 2. The predicted molar refractivity (Wildman–Crippen MR) is 95.5 cm³/mol. The lowest BCUT2D eigenvalue weighted by atomic mass is 9.99. The van der Waals surface area contributed by atoms with Crippen molar-refractivity contribution in [2.45, 2.75) is 71.1 Å². The average Bonchev–Trinajstić information content (AvgIpc) is 2.45. The maximum Gasteiger partial charge on any atom is 0.160 e. The average molecular weight is 323 g/mol. The first-order valence-corrected chi connectivity index (χ1v) is 8.44. The number of methoxy groups -OCH3 is 2. The molecule has 0 aliphatic carbocycles. The van der Waals surface area contributed by atoms with Gasteiger partial charge < -0.3 is 19.9 Å². The van der Waals surface area contributed by atoms with E-state index >= 15 is 0 Å². The Bertz CT molecular complexity index is 468. The Balaban J connectivity index is 2.45. The standard InChI is InChI=1S/C19H33NO3/c1-14(8-7-11-19(3,4)21)20-15(2)12-16-9-10-17(22-5)18(13-16)23-6/h9-10,13-15,20-21H,7-8,11-12H2,1-6H3/t14-,15-/m0/s1. The molecule has 23 heavy (non-hydrogen) atoms. The Hall–Kier alpha value is -1.26. The van der Waals surface area contributed by atoms with E-state index in [0.717, 1.165) is 37.2 Å². The largest absolute Gasteiger partial charge is 0.493 e. The molecule has 132 valence electrons. The SMILES string of the molecule is COc1ccc(C[C@H](C)N[C@@H](C)CCCC(C)(C)O)cc1OC. The number of hydrogen-bond donors (Lipinski definition) is 2. The molecule has 0 fully saturated rings. The minimum absolute atomic E-state index is 0.380. The van der Waals surface area contributed by atoms with E-state index < -0.39 is 5.60 Å². The summed E-state index contributed by atoms with van der Waals surface area (Å²) in [5.74, 6) is 1.53. The zero-order chi connectivity index (χ0) is 17.5. The second kappa shape index (κ2) is 9.14. The maximum atomic E-state index is 9.76. The smallest absolute Gasteiger partial charge is 0.160 e. The first-order chi connectivity index (χ1) is 10.7. The summed E-state index contributed by atoms with van der Waals surface area (Å²) >= 11 is 0. The van der Waals surface area contributed by atoms with Crippen molar-refractivity contribution in [3.63, 3.8) is 0 Å². The molecule has 0 radical (unpaired) electrons. The Morgan fingerprint density at radius 1 is 1.09 bits per heavy atom. The normalized spacial score (nSPS) is 14.4. The van der Waals surface area contributed by atoms with Crippen molar-refractivity contribution >= 4 is 0 Å². The van der Waals surface area contributed by atoms with Gasteiger partial charge in [-0.2, -0.15) is 0 Å². The van der Waals surface area contributed by atoms with Gasteiger partial charge in [-0.15, -0.1) is 0 Å². The third-order valence-electron chi connectivity index (χ3n) is 3.98. The summed E-state index contributed by atoms with van der Waals surface area (Å²) in [5.41, 5.74) is 0.664. The van der Waals surface area contributed by atoms with E-state index in [2.05, 4.69) is 25.2 Å². The fourth-order valence-corrected chi connectivity index (χ4v) is 2.83. The van der Waals surface area contributed by atoms with Crippen LogP contribution in [0.15, 0.2) is 18.2 Å². The van der Waals surface area contributed by atoms with E-state index in [-0.39, 0.29) is 0 Å². The molecule has 0 saturated heterocycles. The molecule has 0 aliphatic rings. The highest BCUT2D eigenvalue weighted by Crippen LogP contribution is 2.28. The molecule has 0 bridgehead atoms. The van der Waals surface area contributed by atoms with Crippen LogP contribution in [0, 0.1) is 0 Å². The third-order valence-corrected chi connectivity index (χ3v) is 3.98. The van der Waals surface area contributed by atoms with Crippen molar-refractivity contribution < 1.29 is 14.6 Å². The van der Waals surface area contributed by atoms with Gasteiger partial charge in [0.15, 0.2) is 11.5 Å². The molecular formula is C19H33NO3. The molecule has 0 aliphatic heterocycles. The summed E-state index contributed by atoms with van der Waals surface area (Å²) in [5, 5.41) is 13.4. The maximum absolute atomic E-state index is 9.76. The van der Waals surface area contributed by atoms with Crippen LogP contribution in [-0.4, -0.2) is 37.0 Å². The highest BCUT2D eigenvalue weighted by Gasteiger charge is 2.14. The van der Waals surface area contributed by atoms with Gasteiger partial charge in [-0.25, -0.2) is 0 Å². The molecule has 0 unspecified atom stereocenters. The zero-order valence-corrected chi connectivity index (χ0v) is 15.5. The Morgan fingerprint density at radius 3 is 2.30 bits per heavy atom. The monoisotopic (exact) mass is 323 g/mol. The van der Waals surface area contributed by atoms with Gasteiger partial charge in [0.05, 0.1) is 19.8 Å². The fourth-order valence-electron chi connectivity index (χ4n) is 2.83. The minimum atomic E-state index is -0.564. The number of aliphatic hydroxyl groups is 1. The minimum Gasteiger partial charge on any atom is -0.493 e. The van der Waals surface area contributed by atoms with Gasteiger partial charge in [-0.05, 0) is 71.1 Å². The number of nitrogens with one attached hydrogen (secondary N) is 1. The van der Waals surface area contributed by atoms with Gasteiger partial charge in [0.2, 0.25) is 0 Å². The first-order valence-electron chi connectivity index (χ1n) is 8.44. The molecule has 2 N–H and O–H groups in total. The summed E-state index contributed by atoms with van der Waals surface area (Å²) in [6.45, 7) is 8.13. The molecule has 0 heterocycles. The summed E-state index contributed by atoms with van der Waals surface area (Å²) < 4.78 is 10.6. The highest BCUT2D eigenvalue weighted by molar-refractivity contribution is 5.43. The summed E-state index contributed by atoms with van der Waals surface area (Å²) in [6, 6.07) is 6.89. The molecule has 1 aromatic rings. The molecule has 1 rings (SSSR count). The molecule has 4 nitrogen and oxygen atoms in total. The van der Waals surface area contributed by atoms with Gasteiger partial charge in [0.1, 0.15) is 0 Å². The molecule has 0 aromatic heterocycles. The number of rotatable bonds is 10. The van der Waals surface area contributed by atoms with Crippen molar-refractivity contribution in [3.8, 4) is 11.5 Å². The van der Waals surface area contributed by atoms with E-state index in [1.165, 1.54) is 5.56 Å².